The van der Waals surface area contributed by atoms with Crippen LogP contribution in [-0.2, 0) is 16.6 Å². The van der Waals surface area contributed by atoms with Gasteiger partial charge in [-0.05, 0) is 40.3 Å². The number of hydrogen-bond donors (Lipinski definition) is 1. The minimum atomic E-state index is -3.44. The number of nitrogens with one attached hydrogen (secondary N) is 1. The molecule has 0 unspecified atom stereocenters. The lowest BCUT2D eigenvalue weighted by Crippen LogP contribution is -2.28. The molecule has 0 bridgehead atoms. The first-order chi connectivity index (χ1) is 9.36. The van der Waals surface area contributed by atoms with Crippen molar-refractivity contribution < 1.29 is 8.42 Å². The highest BCUT2D eigenvalue weighted by atomic mass is 32.2. The van der Waals surface area contributed by atoms with Gasteiger partial charge in [-0.25, -0.2) is 12.7 Å². The van der Waals surface area contributed by atoms with Gasteiger partial charge < -0.3 is 5.32 Å². The van der Waals surface area contributed by atoms with Crippen LogP contribution in [0, 0.1) is 13.8 Å². The molecule has 0 aliphatic heterocycles. The average molecular weight is 302 g/mol. The first kappa shape index (κ1) is 17.1. The molecule has 0 amide bonds. The van der Waals surface area contributed by atoms with Gasteiger partial charge in [0.15, 0.2) is 0 Å². The maximum atomic E-state index is 12.6. The van der Waals surface area contributed by atoms with Crippen LogP contribution in [-0.4, -0.2) is 49.7 Å². The van der Waals surface area contributed by atoms with Gasteiger partial charge in [-0.15, -0.1) is 0 Å². The monoisotopic (exact) mass is 302 g/mol. The van der Waals surface area contributed by atoms with Gasteiger partial charge >= 0.3 is 0 Å². The first-order valence-corrected chi connectivity index (χ1v) is 8.45. The van der Waals surface area contributed by atoms with E-state index in [1.165, 1.54) is 4.31 Å². The van der Waals surface area contributed by atoms with Crippen molar-refractivity contribution in [3.8, 4) is 0 Å². The molecule has 0 atom stereocenters. The van der Waals surface area contributed by atoms with E-state index < -0.39 is 10.0 Å². The summed E-state index contributed by atoms with van der Waals surface area (Å²) in [6.45, 7) is 7.68. The van der Waals surface area contributed by atoms with Crippen molar-refractivity contribution in [3.63, 3.8) is 0 Å². The summed E-state index contributed by atoms with van der Waals surface area (Å²) in [6.07, 6.45) is 1.72. The zero-order chi connectivity index (χ0) is 15.3. The van der Waals surface area contributed by atoms with Crippen molar-refractivity contribution in [2.24, 2.45) is 0 Å². The topological polar surface area (TPSA) is 67.2 Å². The van der Waals surface area contributed by atoms with E-state index in [0.717, 1.165) is 31.6 Å². The Hall–Kier alpha value is -0.920. The SMILES string of the molecule is CCCN(C)S(=O)(=O)c1c(C)nn(CCCNC)c1C. The van der Waals surface area contributed by atoms with Crippen molar-refractivity contribution in [3.05, 3.63) is 11.4 Å². The fourth-order valence-electron chi connectivity index (χ4n) is 2.27. The predicted molar refractivity (Wildman–Crippen MR) is 80.4 cm³/mol. The molecule has 1 N–H and O–H groups in total. The summed E-state index contributed by atoms with van der Waals surface area (Å²) in [5.74, 6) is 0. The van der Waals surface area contributed by atoms with E-state index in [1.807, 2.05) is 20.9 Å². The highest BCUT2D eigenvalue weighted by Crippen LogP contribution is 2.23. The molecule has 0 radical (unpaired) electrons. The smallest absolute Gasteiger partial charge is 0.246 e. The number of hydrogen-bond acceptors (Lipinski definition) is 4. The molecule has 1 rings (SSSR count). The van der Waals surface area contributed by atoms with Crippen molar-refractivity contribution in [1.82, 2.24) is 19.4 Å². The number of nitrogens with zero attached hydrogens (tertiary/aromatic N) is 3. The Kier molecular flexibility index (Phi) is 6.16. The van der Waals surface area contributed by atoms with Gasteiger partial charge in [0.05, 0.1) is 11.4 Å². The fraction of sp³-hybridized carbons (Fsp3) is 0.769. The zero-order valence-corrected chi connectivity index (χ0v) is 13.9. The van der Waals surface area contributed by atoms with Crippen LogP contribution in [0.1, 0.15) is 31.2 Å². The van der Waals surface area contributed by atoms with Gasteiger partial charge in [0.2, 0.25) is 10.0 Å². The Morgan fingerprint density at radius 1 is 1.35 bits per heavy atom. The summed E-state index contributed by atoms with van der Waals surface area (Å²) in [4.78, 5) is 0.359. The van der Waals surface area contributed by atoms with Gasteiger partial charge in [0.1, 0.15) is 4.90 Å². The van der Waals surface area contributed by atoms with Crippen molar-refractivity contribution in [2.45, 2.75) is 45.1 Å². The lowest BCUT2D eigenvalue weighted by Gasteiger charge is -2.16. The Morgan fingerprint density at radius 3 is 2.55 bits per heavy atom. The molecule has 6 nitrogen and oxygen atoms in total. The van der Waals surface area contributed by atoms with Crippen LogP contribution in [0.15, 0.2) is 4.90 Å². The van der Waals surface area contributed by atoms with Crippen LogP contribution in [0.4, 0.5) is 0 Å². The molecule has 0 aromatic carbocycles. The Labute approximate surface area is 122 Å². The van der Waals surface area contributed by atoms with Crippen LogP contribution < -0.4 is 5.32 Å². The summed E-state index contributed by atoms with van der Waals surface area (Å²) >= 11 is 0. The van der Waals surface area contributed by atoms with E-state index in [2.05, 4.69) is 10.4 Å². The van der Waals surface area contributed by atoms with Crippen LogP contribution in [0.25, 0.3) is 0 Å². The predicted octanol–water partition coefficient (Wildman–Crippen LogP) is 1.14. The van der Waals surface area contributed by atoms with Gasteiger partial charge in [0, 0.05) is 20.1 Å². The summed E-state index contributed by atoms with van der Waals surface area (Å²) in [5, 5.41) is 7.45. The average Bonchev–Trinajstić information content (AvgIpc) is 2.65. The molecule has 0 spiro atoms. The molecular weight excluding hydrogens is 276 g/mol. The van der Waals surface area contributed by atoms with E-state index >= 15 is 0 Å². The van der Waals surface area contributed by atoms with Crippen LogP contribution in [0.2, 0.25) is 0 Å². The first-order valence-electron chi connectivity index (χ1n) is 7.01. The second-order valence-corrected chi connectivity index (χ2v) is 6.99. The largest absolute Gasteiger partial charge is 0.320 e. The van der Waals surface area contributed by atoms with Gasteiger partial charge in [-0.2, -0.15) is 5.10 Å². The highest BCUT2D eigenvalue weighted by molar-refractivity contribution is 7.89. The number of aromatic nitrogens is 2. The summed E-state index contributed by atoms with van der Waals surface area (Å²) in [7, 11) is 0.0828. The molecule has 1 aromatic heterocycles. The third kappa shape index (κ3) is 3.59. The lowest BCUT2D eigenvalue weighted by atomic mass is 10.4. The Morgan fingerprint density at radius 2 is 2.00 bits per heavy atom. The molecule has 0 aliphatic carbocycles. The second-order valence-electron chi connectivity index (χ2n) is 5.01. The third-order valence-corrected chi connectivity index (χ3v) is 5.43. The fourth-order valence-corrected chi connectivity index (χ4v) is 3.90. The minimum absolute atomic E-state index is 0.359. The normalized spacial score (nSPS) is 12.3. The maximum Gasteiger partial charge on any atom is 0.246 e. The van der Waals surface area contributed by atoms with Crippen molar-refractivity contribution >= 4 is 10.0 Å². The maximum absolute atomic E-state index is 12.6. The van der Waals surface area contributed by atoms with Crippen LogP contribution in [0.3, 0.4) is 0 Å². The molecule has 116 valence electrons. The molecule has 0 aliphatic rings. The third-order valence-electron chi connectivity index (χ3n) is 3.32. The highest BCUT2D eigenvalue weighted by Gasteiger charge is 2.27. The van der Waals surface area contributed by atoms with E-state index in [1.54, 1.807) is 18.7 Å². The number of sulfonamides is 1. The van der Waals surface area contributed by atoms with Crippen molar-refractivity contribution in [2.75, 3.05) is 27.2 Å². The van der Waals surface area contributed by atoms with E-state index in [9.17, 15) is 8.42 Å². The molecule has 0 fully saturated rings. The molecule has 7 heteroatoms. The summed E-state index contributed by atoms with van der Waals surface area (Å²) in [6, 6.07) is 0. The Bertz CT molecular complexity index is 537. The van der Waals surface area contributed by atoms with Crippen LogP contribution >= 0.6 is 0 Å². The van der Waals surface area contributed by atoms with E-state index in [4.69, 9.17) is 0 Å². The Balaban J connectivity index is 3.07. The lowest BCUT2D eigenvalue weighted by molar-refractivity contribution is 0.467. The van der Waals surface area contributed by atoms with E-state index in [-0.39, 0.29) is 0 Å². The van der Waals surface area contributed by atoms with Crippen molar-refractivity contribution in [1.29, 1.82) is 0 Å². The molecule has 0 saturated heterocycles. The van der Waals surface area contributed by atoms with Gasteiger partial charge in [-0.1, -0.05) is 6.92 Å². The summed E-state index contributed by atoms with van der Waals surface area (Å²) < 4.78 is 28.3. The molecular formula is C13H26N4O2S. The molecule has 0 saturated carbocycles. The molecule has 1 heterocycles. The molecule has 20 heavy (non-hydrogen) atoms. The molecule has 1 aromatic rings. The number of rotatable bonds is 8. The summed E-state index contributed by atoms with van der Waals surface area (Å²) in [5.41, 5.74) is 1.30. The van der Waals surface area contributed by atoms with Gasteiger partial charge in [-0.3, -0.25) is 4.68 Å². The standard InChI is InChI=1S/C13H26N4O2S/c1-6-9-16(5)20(18,19)13-11(2)15-17(12(13)3)10-7-8-14-4/h14H,6-10H2,1-5H3. The van der Waals surface area contributed by atoms with Gasteiger partial charge in [0.25, 0.3) is 0 Å². The number of aryl methyl sites for hydroxylation is 2. The minimum Gasteiger partial charge on any atom is -0.320 e. The zero-order valence-electron chi connectivity index (χ0n) is 13.1. The van der Waals surface area contributed by atoms with E-state index in [0.29, 0.717) is 17.1 Å². The van der Waals surface area contributed by atoms with Crippen LogP contribution in [0.5, 0.6) is 0 Å². The quantitative estimate of drug-likeness (QED) is 0.731. The second kappa shape index (κ2) is 7.19.